The lowest BCUT2D eigenvalue weighted by atomic mass is 9.51. The molecule has 1 saturated carbocycles. The summed E-state index contributed by atoms with van der Waals surface area (Å²) < 4.78 is 71.6. The molecule has 0 amide bonds. The van der Waals surface area contributed by atoms with E-state index >= 15 is 0 Å². The normalized spacial score (nSPS) is 24.5. The minimum atomic E-state index is -6.05. The molecule has 3 atom stereocenters. The number of nitrogen functional groups attached to an aromatic ring is 1. The number of aliphatic imine (C=N–C) groups is 1. The first-order chi connectivity index (χ1) is 15.7. The summed E-state index contributed by atoms with van der Waals surface area (Å²) >= 11 is 0. The molecule has 1 heterocycles. The first kappa shape index (κ1) is 25.6. The molecule has 1 aliphatic heterocycles. The van der Waals surface area contributed by atoms with Crippen LogP contribution in [0.15, 0.2) is 34.8 Å². The summed E-state index contributed by atoms with van der Waals surface area (Å²) in [5, 5.41) is 9.69. The van der Waals surface area contributed by atoms with Crippen molar-refractivity contribution < 1.29 is 35.3 Å². The van der Waals surface area contributed by atoms with Crippen molar-refractivity contribution in [3.05, 3.63) is 35.4 Å². The Bertz CT molecular complexity index is 1180. The van der Waals surface area contributed by atoms with E-state index in [-0.39, 0.29) is 30.6 Å². The number of rotatable bonds is 5. The molecule has 1 aromatic rings. The van der Waals surface area contributed by atoms with Crippen LogP contribution in [0.2, 0.25) is 0 Å². The van der Waals surface area contributed by atoms with E-state index in [2.05, 4.69) is 9.18 Å². The lowest BCUT2D eigenvalue weighted by Crippen LogP contribution is -2.51. The quantitative estimate of drug-likeness (QED) is 0.282. The Hall–Kier alpha value is -3.07. The number of esters is 1. The second-order valence-corrected chi connectivity index (χ2v) is 10.5. The van der Waals surface area contributed by atoms with Crippen LogP contribution in [0, 0.1) is 28.6 Å². The van der Waals surface area contributed by atoms with Gasteiger partial charge >= 0.3 is 21.6 Å². The van der Waals surface area contributed by atoms with Crippen LogP contribution in [0.1, 0.15) is 38.7 Å². The van der Waals surface area contributed by atoms with Crippen molar-refractivity contribution in [1.82, 2.24) is 0 Å². The Labute approximate surface area is 195 Å². The molecule has 1 unspecified atom stereocenters. The maximum absolute atomic E-state index is 13.0. The molecule has 0 bridgehead atoms. The van der Waals surface area contributed by atoms with Crippen molar-refractivity contribution in [2.45, 2.75) is 44.7 Å². The summed E-state index contributed by atoms with van der Waals surface area (Å²) in [4.78, 5) is 15.9. The topological polar surface area (TPSA) is 132 Å². The van der Waals surface area contributed by atoms with Gasteiger partial charge in [0.1, 0.15) is 11.6 Å². The zero-order chi connectivity index (χ0) is 25.5. The molecule has 1 fully saturated rings. The first-order valence-electron chi connectivity index (χ1n) is 10.4. The zero-order valence-corrected chi connectivity index (χ0v) is 19.5. The van der Waals surface area contributed by atoms with E-state index < -0.39 is 38.6 Å². The standard InChI is InChI=1S/C22H24F3N3O5S/c1-21(2)13(9-19(29)32-3)8-17(21)18-10-15(12-4-6-14(27)7-5-12)16(11-26)20(28-18)33-34(30,31)22(23,24)25/h4-7,13,17-18H,8-10,27H2,1-3H3/t13-,17+,18?/m0/s1. The number of anilines is 1. The number of carbonyl (C=O) groups is 1. The van der Waals surface area contributed by atoms with Gasteiger partial charge in [-0.25, -0.2) is 4.99 Å². The van der Waals surface area contributed by atoms with E-state index in [1.165, 1.54) is 7.11 Å². The lowest BCUT2D eigenvalue weighted by molar-refractivity contribution is -0.147. The largest absolute Gasteiger partial charge is 0.534 e. The van der Waals surface area contributed by atoms with Crippen LogP contribution in [0.4, 0.5) is 18.9 Å². The average Bonchev–Trinajstić information content (AvgIpc) is 2.75. The van der Waals surface area contributed by atoms with Crippen molar-refractivity contribution in [2.75, 3.05) is 12.8 Å². The molecule has 34 heavy (non-hydrogen) atoms. The Morgan fingerprint density at radius 1 is 1.29 bits per heavy atom. The number of hydrogen-bond acceptors (Lipinski definition) is 8. The number of alkyl halides is 3. The molecule has 8 nitrogen and oxygen atoms in total. The number of halogens is 3. The predicted octanol–water partition coefficient (Wildman–Crippen LogP) is 3.81. The van der Waals surface area contributed by atoms with Gasteiger partial charge in [0, 0.05) is 12.1 Å². The highest BCUT2D eigenvalue weighted by atomic mass is 32.2. The number of nitriles is 1. The third-order valence-electron chi connectivity index (χ3n) is 6.71. The maximum Gasteiger partial charge on any atom is 0.534 e. The van der Waals surface area contributed by atoms with Crippen LogP contribution in [0.25, 0.3) is 5.57 Å². The van der Waals surface area contributed by atoms with E-state index in [4.69, 9.17) is 10.5 Å². The Morgan fingerprint density at radius 2 is 1.91 bits per heavy atom. The highest BCUT2D eigenvalue weighted by Crippen LogP contribution is 2.56. The Morgan fingerprint density at radius 3 is 2.41 bits per heavy atom. The number of hydrogen-bond donors (Lipinski definition) is 1. The molecule has 12 heteroatoms. The second-order valence-electron chi connectivity index (χ2n) is 8.92. The fraction of sp³-hybridized carbons (Fsp3) is 0.500. The molecule has 1 aromatic carbocycles. The highest BCUT2D eigenvalue weighted by Gasteiger charge is 2.54. The number of dihydropyridines is 1. The van der Waals surface area contributed by atoms with Gasteiger partial charge < -0.3 is 14.7 Å². The summed E-state index contributed by atoms with van der Waals surface area (Å²) in [5.74, 6) is -1.53. The number of nitrogens with zero attached hydrogens (tertiary/aromatic N) is 2. The van der Waals surface area contributed by atoms with Gasteiger partial charge in [-0.3, -0.25) is 4.79 Å². The van der Waals surface area contributed by atoms with Crippen LogP contribution in [-0.2, 0) is 23.8 Å². The van der Waals surface area contributed by atoms with Crippen LogP contribution < -0.4 is 5.73 Å². The second kappa shape index (κ2) is 8.94. The molecule has 0 radical (unpaired) electrons. The van der Waals surface area contributed by atoms with E-state index in [0.29, 0.717) is 23.2 Å². The van der Waals surface area contributed by atoms with E-state index in [9.17, 15) is 31.6 Å². The van der Waals surface area contributed by atoms with Crippen molar-refractivity contribution in [2.24, 2.45) is 22.2 Å². The number of ether oxygens (including phenoxy) is 1. The van der Waals surface area contributed by atoms with Gasteiger partial charge in [-0.2, -0.15) is 26.9 Å². The van der Waals surface area contributed by atoms with Gasteiger partial charge in [0.05, 0.1) is 13.2 Å². The van der Waals surface area contributed by atoms with Crippen LogP contribution >= 0.6 is 0 Å². The summed E-state index contributed by atoms with van der Waals surface area (Å²) in [7, 11) is -4.76. The minimum absolute atomic E-state index is 0.0512. The predicted molar refractivity (Wildman–Crippen MR) is 117 cm³/mol. The van der Waals surface area contributed by atoms with E-state index in [0.717, 1.165) is 0 Å². The maximum atomic E-state index is 13.0. The fourth-order valence-corrected chi connectivity index (χ4v) is 4.98. The SMILES string of the molecule is COC(=O)C[C@@H]1C[C@H](C2CC(c3ccc(N)cc3)=C(C#N)C(OS(=O)(=O)C(F)(F)F)=N2)C1(C)C. The third kappa shape index (κ3) is 4.75. The number of nitrogens with two attached hydrogens (primary N) is 1. The van der Waals surface area contributed by atoms with Crippen molar-refractivity contribution >= 4 is 33.2 Å². The van der Waals surface area contributed by atoms with Crippen LogP contribution in [0.5, 0.6) is 0 Å². The number of methoxy groups -OCH3 is 1. The lowest BCUT2D eigenvalue weighted by Gasteiger charge is -2.54. The molecule has 1 aliphatic carbocycles. The molecular weight excluding hydrogens is 475 g/mol. The highest BCUT2D eigenvalue weighted by molar-refractivity contribution is 7.88. The van der Waals surface area contributed by atoms with Crippen molar-refractivity contribution in [1.29, 1.82) is 5.26 Å². The monoisotopic (exact) mass is 499 g/mol. The first-order valence-corrected chi connectivity index (χ1v) is 11.8. The van der Waals surface area contributed by atoms with Gasteiger partial charge in [-0.05, 0) is 53.4 Å². The molecule has 0 spiro atoms. The molecule has 0 aromatic heterocycles. The third-order valence-corrected chi connectivity index (χ3v) is 7.65. The fourth-order valence-electron chi connectivity index (χ4n) is 4.55. The zero-order valence-electron chi connectivity index (χ0n) is 18.7. The molecule has 0 saturated heterocycles. The summed E-state index contributed by atoms with van der Waals surface area (Å²) in [5.41, 5.74) is 0.415. The summed E-state index contributed by atoms with van der Waals surface area (Å²) in [6, 6.07) is 7.38. The molecular formula is C22H24F3N3O5S. The number of carbonyl (C=O) groups excluding carboxylic acids is 1. The molecule has 184 valence electrons. The number of benzene rings is 1. The summed E-state index contributed by atoms with van der Waals surface area (Å²) in [6.45, 7) is 3.81. The van der Waals surface area contributed by atoms with E-state index in [1.54, 1.807) is 30.3 Å². The Balaban J connectivity index is 2.03. The van der Waals surface area contributed by atoms with Crippen LogP contribution in [0.3, 0.4) is 0 Å². The Kier molecular flexibility index (Phi) is 6.72. The van der Waals surface area contributed by atoms with Gasteiger partial charge in [0.25, 0.3) is 0 Å². The molecule has 2 N–H and O–H groups in total. The average molecular weight is 500 g/mol. The van der Waals surface area contributed by atoms with Crippen molar-refractivity contribution in [3.63, 3.8) is 0 Å². The van der Waals surface area contributed by atoms with Gasteiger partial charge in [-0.1, -0.05) is 26.0 Å². The van der Waals surface area contributed by atoms with Crippen molar-refractivity contribution in [3.8, 4) is 6.07 Å². The van der Waals surface area contributed by atoms with Gasteiger partial charge in [0.2, 0.25) is 5.90 Å². The molecule has 2 aliphatic rings. The van der Waals surface area contributed by atoms with E-state index in [1.807, 2.05) is 13.8 Å². The summed E-state index contributed by atoms with van der Waals surface area (Å²) in [6.07, 6.45) is 0.865. The van der Waals surface area contributed by atoms with Crippen LogP contribution in [-0.4, -0.2) is 38.9 Å². The minimum Gasteiger partial charge on any atom is -0.469 e. The van der Waals surface area contributed by atoms with Gasteiger partial charge in [0.15, 0.2) is 0 Å². The molecule has 3 rings (SSSR count). The smallest absolute Gasteiger partial charge is 0.469 e. The van der Waals surface area contributed by atoms with Gasteiger partial charge in [-0.15, -0.1) is 0 Å².